The fourth-order valence-corrected chi connectivity index (χ4v) is 14.9. The molecule has 14 rings (SSSR count). The van der Waals surface area contributed by atoms with Crippen LogP contribution < -0.4 is 27.1 Å². The lowest BCUT2D eigenvalue weighted by Crippen LogP contribution is -2.49. The number of fused-ring (bicyclic) bond motifs is 18. The molecule has 3 N–H and O–H groups in total. The molecule has 16 bridgehead atoms. The zero-order valence-electron chi connectivity index (χ0n) is 49.9. The molecule has 1 saturated carbocycles. The Morgan fingerprint density at radius 2 is 1.17 bits per heavy atom. The van der Waals surface area contributed by atoms with Crippen LogP contribution in [0.25, 0.3) is 22.1 Å². The summed E-state index contributed by atoms with van der Waals surface area (Å²) in [4.78, 5) is 62.5. The summed E-state index contributed by atoms with van der Waals surface area (Å²) in [5, 5.41) is 21.0. The summed E-state index contributed by atoms with van der Waals surface area (Å²) in [6.45, 7) is 8.95. The molecule has 4 fully saturated rings. The number of hydrogen-bond acceptors (Lipinski definition) is 13. The van der Waals surface area contributed by atoms with Crippen LogP contribution in [0.5, 0.6) is 0 Å². The largest absolute Gasteiger partial charge is 0.363 e. The third-order valence-corrected chi connectivity index (χ3v) is 20.8. The number of nitrogens with one attached hydrogen (secondary N) is 3. The molecule has 1 aliphatic carbocycles. The molecular weight excluding hydrogens is 1140 g/mol. The summed E-state index contributed by atoms with van der Waals surface area (Å²) in [7, 11) is -0.859. The molecule has 8 aliphatic rings. The number of amides is 1. The first-order valence-corrected chi connectivity index (χ1v) is 32.8. The maximum atomic E-state index is 15.9. The van der Waals surface area contributed by atoms with E-state index in [-0.39, 0.29) is 52.7 Å². The number of halogens is 5. The van der Waals surface area contributed by atoms with Gasteiger partial charge < -0.3 is 20.9 Å². The average molecular weight is 1220 g/mol. The van der Waals surface area contributed by atoms with Gasteiger partial charge in [0.25, 0.3) is 23.0 Å². The van der Waals surface area contributed by atoms with E-state index in [9.17, 15) is 28.2 Å². The molecule has 464 valence electrons. The minimum Gasteiger partial charge on any atom is -0.363 e. The van der Waals surface area contributed by atoms with Crippen molar-refractivity contribution in [2.45, 2.75) is 171 Å². The van der Waals surface area contributed by atoms with Crippen LogP contribution >= 0.6 is 0 Å². The van der Waals surface area contributed by atoms with Gasteiger partial charge >= 0.3 is 0 Å². The number of rotatable bonds is 2. The van der Waals surface area contributed by atoms with Crippen molar-refractivity contribution < 1.29 is 31.0 Å². The van der Waals surface area contributed by atoms with Gasteiger partial charge in [-0.05, 0) is 165 Å². The van der Waals surface area contributed by atoms with Crippen molar-refractivity contribution in [3.8, 4) is 6.07 Å². The number of aryl methyl sites for hydroxylation is 2. The predicted octanol–water partition coefficient (Wildman–Crippen LogP) is 10.9. The zero-order valence-corrected chi connectivity index (χ0v) is 50.7. The summed E-state index contributed by atoms with van der Waals surface area (Å²) in [5.41, 5.74) is 2.28. The zero-order chi connectivity index (χ0) is 61.2. The highest BCUT2D eigenvalue weighted by Crippen LogP contribution is 2.48. The minimum absolute atomic E-state index is 0.00489. The first kappa shape index (κ1) is 61.9. The van der Waals surface area contributed by atoms with Crippen molar-refractivity contribution in [2.24, 2.45) is 11.8 Å². The highest BCUT2D eigenvalue weighted by molar-refractivity contribution is 7.85. The number of aromatic nitrogens is 6. The van der Waals surface area contributed by atoms with Crippen LogP contribution in [0.1, 0.15) is 162 Å². The molecule has 2 aromatic carbocycles. The Morgan fingerprint density at radius 1 is 0.632 bits per heavy atom. The second-order valence-electron chi connectivity index (χ2n) is 25.0. The van der Waals surface area contributed by atoms with E-state index in [1.807, 2.05) is 48.8 Å². The molecule has 87 heavy (non-hydrogen) atoms. The average Bonchev–Trinajstić information content (AvgIpc) is 1.95. The van der Waals surface area contributed by atoms with E-state index in [1.165, 1.54) is 24.8 Å². The Labute approximate surface area is 506 Å². The molecule has 7 aliphatic heterocycles. The van der Waals surface area contributed by atoms with Gasteiger partial charge in [-0.3, -0.25) is 32.6 Å². The van der Waals surface area contributed by atoms with Crippen molar-refractivity contribution >= 4 is 50.4 Å². The number of carbonyl (C=O) groups excluding carboxylic acids is 1. The Balaban J connectivity index is 0.000000180. The topological polar surface area (TPSA) is 196 Å². The van der Waals surface area contributed by atoms with Crippen LogP contribution in [0.3, 0.4) is 0 Å². The third-order valence-electron chi connectivity index (χ3n) is 19.4. The van der Waals surface area contributed by atoms with Gasteiger partial charge in [-0.15, -0.1) is 0 Å². The van der Waals surface area contributed by atoms with Crippen LogP contribution in [0, 0.1) is 23.2 Å². The highest BCUT2D eigenvalue weighted by atomic mass is 32.2. The maximum Gasteiger partial charge on any atom is 0.276 e. The number of nitriles is 1. The van der Waals surface area contributed by atoms with Gasteiger partial charge in [-0.2, -0.15) is 5.26 Å². The Bertz CT molecular complexity index is 3660. The lowest BCUT2D eigenvalue weighted by Gasteiger charge is -2.38. The van der Waals surface area contributed by atoms with Crippen LogP contribution in [-0.4, -0.2) is 112 Å². The molecule has 1 amide bonds. The first-order valence-electron chi connectivity index (χ1n) is 31.3. The summed E-state index contributed by atoms with van der Waals surface area (Å²) in [5.74, 6) is -5.61. The number of pyridine rings is 2. The fraction of sp³-hybridized carbons (Fsp3) is 0.569. The van der Waals surface area contributed by atoms with Crippen LogP contribution in [-0.2, 0) is 45.9 Å². The summed E-state index contributed by atoms with van der Waals surface area (Å²) in [6.07, 6.45) is 9.47. The lowest BCUT2D eigenvalue weighted by molar-refractivity contribution is -0.128. The SMILES string of the molecule is CC1C(=O)NCCCCn2c(=O)c(C3(C#N)CC3)cc3c(ncnc32)N[C@H](C)c2cccc(c2)C(F)(F)C2CCN1CC2.C[C@H]1Nc2ncnc3c2cc(C2CCS(=O)CC2)c(=O)n3CCCCCC(F)CN2CCC(CC2)C(F)(F)c2cccc1c2. The smallest absolute Gasteiger partial charge is 0.276 e. The van der Waals surface area contributed by atoms with Crippen molar-refractivity contribution in [1.29, 1.82) is 5.26 Å². The van der Waals surface area contributed by atoms with E-state index in [2.05, 4.69) is 42.0 Å². The van der Waals surface area contributed by atoms with Gasteiger partial charge in [0.1, 0.15) is 41.8 Å². The summed E-state index contributed by atoms with van der Waals surface area (Å²) in [6, 6.07) is 17.9. The molecule has 6 aromatic rings. The molecule has 2 unspecified atom stereocenters. The third kappa shape index (κ3) is 13.2. The van der Waals surface area contributed by atoms with Crippen molar-refractivity contribution in [3.05, 3.63) is 127 Å². The lowest BCUT2D eigenvalue weighted by atomic mass is 9.85. The van der Waals surface area contributed by atoms with Gasteiger partial charge in [0.15, 0.2) is 0 Å². The molecule has 4 aromatic heterocycles. The number of alkyl halides is 5. The maximum absolute atomic E-state index is 15.9. The highest BCUT2D eigenvalue weighted by Gasteiger charge is 2.48. The molecule has 3 saturated heterocycles. The standard InChI is InChI=1S/C33H42F3N5O2S.C32H37F2N7O2/c1-22-24-6-5-7-26(18-24)33(35,36)25-9-14-40(15-10-25)20-27(34)8-3-2-4-13-41-31-29(30(39-22)37-21-38-31)19-28(32(41)42)23-11-16-44(43)17-12-23;1-20-22-6-5-7-24(16-22)32(33,34)23-8-14-40(15-9-23)21(2)29(42)36-12-3-4-13-41-28-25(27(39-20)37-19-38-28)17-26(30(41)43)31(18-35)10-11-31/h5-7,18-19,21-23,25,27H,2-4,8-17,20H2,1H3,(H,37,38,39);5-7,16-17,19-21,23H,3-4,8-15H2,1-2H3,(H,36,42)(H,37,38,39)/t22-,23?,27?,44?;20-,21?/m11/s1. The van der Waals surface area contributed by atoms with E-state index in [0.717, 1.165) is 6.42 Å². The number of carbonyl (C=O) groups is 1. The normalized spacial score (nSPS) is 28.5. The van der Waals surface area contributed by atoms with E-state index in [0.29, 0.717) is 197 Å². The van der Waals surface area contributed by atoms with Crippen LogP contribution in [0.2, 0.25) is 0 Å². The number of nitrogens with zero attached hydrogens (tertiary/aromatic N) is 9. The van der Waals surface area contributed by atoms with E-state index in [1.54, 1.807) is 39.5 Å². The van der Waals surface area contributed by atoms with E-state index < -0.39 is 52.1 Å². The summed E-state index contributed by atoms with van der Waals surface area (Å²) >= 11 is 0. The summed E-state index contributed by atoms with van der Waals surface area (Å²) < 4.78 is 93.7. The van der Waals surface area contributed by atoms with Gasteiger partial charge in [0, 0.05) is 94.7 Å². The molecule has 11 heterocycles. The van der Waals surface area contributed by atoms with E-state index >= 15 is 17.6 Å². The second kappa shape index (κ2) is 26.2. The van der Waals surface area contributed by atoms with Crippen molar-refractivity contribution in [3.63, 3.8) is 0 Å². The monoisotopic (exact) mass is 1220 g/mol. The van der Waals surface area contributed by atoms with Gasteiger partial charge in [0.2, 0.25) is 5.91 Å². The molecule has 0 radical (unpaired) electrons. The number of anilines is 2. The molecule has 0 spiro atoms. The number of hydrogen-bond donors (Lipinski definition) is 3. The molecule has 4 atom stereocenters. The first-order chi connectivity index (χ1) is 41.8. The second-order valence-corrected chi connectivity index (χ2v) is 26.7. The number of benzene rings is 2. The predicted molar refractivity (Wildman–Crippen MR) is 327 cm³/mol. The molecule has 16 nitrogen and oxygen atoms in total. The van der Waals surface area contributed by atoms with Gasteiger partial charge in [-0.1, -0.05) is 49.2 Å². The van der Waals surface area contributed by atoms with Crippen molar-refractivity contribution in [1.82, 2.24) is 44.2 Å². The number of piperidine rings is 2. The van der Waals surface area contributed by atoms with Gasteiger partial charge in [-0.25, -0.2) is 41.9 Å². The van der Waals surface area contributed by atoms with Crippen LogP contribution in [0.15, 0.2) is 82.9 Å². The fourth-order valence-electron chi connectivity index (χ4n) is 13.6. The quantitative estimate of drug-likeness (QED) is 0.139. The molecule has 22 heteroatoms. The minimum atomic E-state index is -3.02. The van der Waals surface area contributed by atoms with E-state index in [4.69, 9.17) is 0 Å². The Morgan fingerprint density at radius 3 is 1.74 bits per heavy atom. The van der Waals surface area contributed by atoms with Crippen LogP contribution in [0.4, 0.5) is 33.6 Å². The van der Waals surface area contributed by atoms with Crippen molar-refractivity contribution in [2.75, 3.05) is 61.4 Å². The molecular formula is C65H79F5N12O4S. The van der Waals surface area contributed by atoms with Gasteiger partial charge in [0.05, 0.1) is 28.3 Å². The Hall–Kier alpha value is -6.70. The Kier molecular flexibility index (Phi) is 18.6.